The normalized spacial score (nSPS) is 15.6. The van der Waals surface area contributed by atoms with Crippen LogP contribution in [0.1, 0.15) is 41.8 Å². The van der Waals surface area contributed by atoms with Crippen LogP contribution >= 0.6 is 0 Å². The van der Waals surface area contributed by atoms with E-state index in [1.807, 2.05) is 23.1 Å². The summed E-state index contributed by atoms with van der Waals surface area (Å²) in [6.07, 6.45) is 4.30. The first-order chi connectivity index (χ1) is 13.1. The number of carbonyl (C=O) groups excluding carboxylic acids is 1. The first-order valence-electron chi connectivity index (χ1n) is 9.62. The number of nitrogens with zero attached hydrogens (tertiary/aromatic N) is 3. The fourth-order valence-electron chi connectivity index (χ4n) is 3.63. The minimum absolute atomic E-state index is 0.124. The van der Waals surface area contributed by atoms with E-state index in [-0.39, 0.29) is 23.1 Å². The van der Waals surface area contributed by atoms with Gasteiger partial charge in [-0.25, -0.2) is 0 Å². The van der Waals surface area contributed by atoms with E-state index in [1.165, 1.54) is 12.1 Å². The van der Waals surface area contributed by atoms with Crippen LogP contribution in [-0.2, 0) is 6.42 Å². The Morgan fingerprint density at radius 3 is 2.70 bits per heavy atom. The van der Waals surface area contributed by atoms with Crippen molar-refractivity contribution in [2.75, 3.05) is 26.2 Å². The Bertz CT molecular complexity index is 811. The number of rotatable bonds is 6. The van der Waals surface area contributed by atoms with Crippen LogP contribution in [-0.4, -0.2) is 52.9 Å². The van der Waals surface area contributed by atoms with E-state index >= 15 is 0 Å². The van der Waals surface area contributed by atoms with Crippen LogP contribution in [0.3, 0.4) is 0 Å². The van der Waals surface area contributed by atoms with Crippen molar-refractivity contribution in [3.05, 3.63) is 64.0 Å². The van der Waals surface area contributed by atoms with E-state index in [0.29, 0.717) is 18.7 Å². The van der Waals surface area contributed by atoms with Crippen LogP contribution < -0.4 is 5.43 Å². The third-order valence-corrected chi connectivity index (χ3v) is 5.14. The second kappa shape index (κ2) is 8.95. The van der Waals surface area contributed by atoms with Gasteiger partial charge in [0.05, 0.1) is 0 Å². The molecule has 3 rings (SSSR count). The maximum absolute atomic E-state index is 13.2. The van der Waals surface area contributed by atoms with Gasteiger partial charge in [0, 0.05) is 56.1 Å². The number of pyridine rings is 1. The van der Waals surface area contributed by atoms with Crippen molar-refractivity contribution in [1.29, 1.82) is 0 Å². The largest absolute Gasteiger partial charge is 0.456 e. The summed E-state index contributed by atoms with van der Waals surface area (Å²) in [5.74, 6) is 0.372. The molecule has 2 aromatic rings. The van der Waals surface area contributed by atoms with Crippen molar-refractivity contribution in [2.24, 2.45) is 0 Å². The molecule has 1 aliphatic heterocycles. The van der Waals surface area contributed by atoms with Crippen LogP contribution in [0.25, 0.3) is 0 Å². The van der Waals surface area contributed by atoms with Gasteiger partial charge < -0.3 is 14.2 Å². The number of aromatic nitrogens is 1. The van der Waals surface area contributed by atoms with Crippen molar-refractivity contribution in [3.63, 3.8) is 0 Å². The number of likely N-dealkylation sites (tertiary alicyclic amines) is 1. The zero-order valence-electron chi connectivity index (χ0n) is 16.1. The fraction of sp³-hybridized carbons (Fsp3) is 0.476. The zero-order valence-corrected chi connectivity index (χ0v) is 16.1. The molecule has 6 nitrogen and oxygen atoms in total. The SMILES string of the molecule is CCN1CCC(N(CCc2ccccn2)C(=O)c2cc(=O)cc(C)o2)CC1. The molecule has 1 amide bonds. The zero-order chi connectivity index (χ0) is 19.2. The number of piperidine rings is 1. The molecule has 0 radical (unpaired) electrons. The average Bonchev–Trinajstić information content (AvgIpc) is 2.68. The molecule has 1 fully saturated rings. The standard InChI is InChI=1S/C21H27N3O3/c1-3-23-11-8-18(9-12-23)24(13-7-17-6-4-5-10-22-17)21(26)20-15-19(25)14-16(2)27-20/h4-6,10,14-15,18H,3,7-9,11-13H2,1-2H3. The van der Waals surface area contributed by atoms with Gasteiger partial charge in [0.15, 0.2) is 11.2 Å². The van der Waals surface area contributed by atoms with Gasteiger partial charge >= 0.3 is 0 Å². The Hall–Kier alpha value is -2.47. The van der Waals surface area contributed by atoms with Crippen molar-refractivity contribution in [2.45, 2.75) is 39.2 Å². The van der Waals surface area contributed by atoms with Crippen LogP contribution in [0.4, 0.5) is 0 Å². The van der Waals surface area contributed by atoms with Crippen LogP contribution in [0.15, 0.2) is 45.7 Å². The first-order valence-corrected chi connectivity index (χ1v) is 9.62. The highest BCUT2D eigenvalue weighted by Crippen LogP contribution is 2.19. The molecule has 0 aliphatic carbocycles. The van der Waals surface area contributed by atoms with E-state index in [0.717, 1.165) is 38.2 Å². The van der Waals surface area contributed by atoms with Gasteiger partial charge in [0.2, 0.25) is 0 Å². The predicted molar refractivity (Wildman–Crippen MR) is 104 cm³/mol. The van der Waals surface area contributed by atoms with Crippen LogP contribution in [0.2, 0.25) is 0 Å². The molecule has 2 aromatic heterocycles. The molecule has 0 bridgehead atoms. The second-order valence-corrected chi connectivity index (χ2v) is 7.00. The Kier molecular flexibility index (Phi) is 6.40. The molecule has 0 unspecified atom stereocenters. The molecule has 0 atom stereocenters. The van der Waals surface area contributed by atoms with Gasteiger partial charge in [0.25, 0.3) is 5.91 Å². The minimum Gasteiger partial charge on any atom is -0.456 e. The number of hydrogen-bond donors (Lipinski definition) is 0. The lowest BCUT2D eigenvalue weighted by molar-refractivity contribution is 0.0544. The summed E-state index contributed by atoms with van der Waals surface area (Å²) in [5, 5.41) is 0. The summed E-state index contributed by atoms with van der Waals surface area (Å²) >= 11 is 0. The Morgan fingerprint density at radius 2 is 2.07 bits per heavy atom. The van der Waals surface area contributed by atoms with Gasteiger partial charge in [-0.3, -0.25) is 14.6 Å². The van der Waals surface area contributed by atoms with Crippen molar-refractivity contribution < 1.29 is 9.21 Å². The topological polar surface area (TPSA) is 66.7 Å². The van der Waals surface area contributed by atoms with Crippen molar-refractivity contribution >= 4 is 5.91 Å². The first kappa shape index (κ1) is 19.3. The van der Waals surface area contributed by atoms with Gasteiger partial charge in [-0.1, -0.05) is 13.0 Å². The van der Waals surface area contributed by atoms with Gasteiger partial charge in [-0.2, -0.15) is 0 Å². The molecule has 6 heteroatoms. The lowest BCUT2D eigenvalue weighted by Crippen LogP contribution is -2.48. The van der Waals surface area contributed by atoms with Gasteiger partial charge in [0.1, 0.15) is 5.76 Å². The van der Waals surface area contributed by atoms with E-state index < -0.39 is 0 Å². The predicted octanol–water partition coefficient (Wildman–Crippen LogP) is 2.51. The maximum Gasteiger partial charge on any atom is 0.289 e. The Morgan fingerprint density at radius 1 is 1.30 bits per heavy atom. The summed E-state index contributed by atoms with van der Waals surface area (Å²) in [4.78, 5) is 33.6. The molecule has 3 heterocycles. The molecule has 144 valence electrons. The summed E-state index contributed by atoms with van der Waals surface area (Å²) in [6.45, 7) is 7.39. The van der Waals surface area contributed by atoms with Crippen molar-refractivity contribution in [3.8, 4) is 0 Å². The van der Waals surface area contributed by atoms with E-state index in [1.54, 1.807) is 13.1 Å². The fourth-order valence-corrected chi connectivity index (χ4v) is 3.63. The number of hydrogen-bond acceptors (Lipinski definition) is 5. The summed E-state index contributed by atoms with van der Waals surface area (Å²) < 4.78 is 5.57. The number of aryl methyl sites for hydroxylation is 1. The number of amides is 1. The highest BCUT2D eigenvalue weighted by Gasteiger charge is 2.29. The molecule has 0 aromatic carbocycles. The van der Waals surface area contributed by atoms with Gasteiger partial charge in [-0.05, 0) is 38.4 Å². The lowest BCUT2D eigenvalue weighted by Gasteiger charge is -2.38. The Labute approximate surface area is 159 Å². The van der Waals surface area contributed by atoms with Crippen LogP contribution in [0.5, 0.6) is 0 Å². The highest BCUT2D eigenvalue weighted by molar-refractivity contribution is 5.91. The van der Waals surface area contributed by atoms with E-state index in [2.05, 4.69) is 16.8 Å². The second-order valence-electron chi connectivity index (χ2n) is 7.00. The maximum atomic E-state index is 13.2. The molecule has 27 heavy (non-hydrogen) atoms. The third-order valence-electron chi connectivity index (χ3n) is 5.14. The molecule has 0 spiro atoms. The van der Waals surface area contributed by atoms with Crippen molar-refractivity contribution in [1.82, 2.24) is 14.8 Å². The molecule has 1 saturated heterocycles. The van der Waals surface area contributed by atoms with Gasteiger partial charge in [-0.15, -0.1) is 0 Å². The molecule has 0 N–H and O–H groups in total. The summed E-state index contributed by atoms with van der Waals surface area (Å²) in [7, 11) is 0. The minimum atomic E-state index is -0.207. The molecular formula is C21H27N3O3. The summed E-state index contributed by atoms with van der Waals surface area (Å²) in [5.41, 5.74) is 0.750. The molecular weight excluding hydrogens is 342 g/mol. The highest BCUT2D eigenvalue weighted by atomic mass is 16.3. The molecule has 1 aliphatic rings. The number of carbonyl (C=O) groups is 1. The van der Waals surface area contributed by atoms with Crippen LogP contribution in [0, 0.1) is 6.92 Å². The monoisotopic (exact) mass is 369 g/mol. The average molecular weight is 369 g/mol. The smallest absolute Gasteiger partial charge is 0.289 e. The Balaban J connectivity index is 1.80. The molecule has 0 saturated carbocycles. The van der Waals surface area contributed by atoms with E-state index in [4.69, 9.17) is 4.42 Å². The quantitative estimate of drug-likeness (QED) is 0.783. The summed E-state index contributed by atoms with van der Waals surface area (Å²) in [6, 6.07) is 8.64. The third kappa shape index (κ3) is 5.04. The lowest BCUT2D eigenvalue weighted by atomic mass is 10.0. The van der Waals surface area contributed by atoms with E-state index in [9.17, 15) is 9.59 Å².